The first kappa shape index (κ1) is 11.9. The summed E-state index contributed by atoms with van der Waals surface area (Å²) < 4.78 is 0. The molecule has 2 fully saturated rings. The van der Waals surface area contributed by atoms with Gasteiger partial charge in [0.15, 0.2) is 0 Å². The van der Waals surface area contributed by atoms with E-state index in [1.54, 1.807) is 0 Å². The quantitative estimate of drug-likeness (QED) is 0.751. The van der Waals surface area contributed by atoms with Crippen LogP contribution in [0.3, 0.4) is 0 Å². The molecule has 2 aliphatic rings. The van der Waals surface area contributed by atoms with Crippen molar-refractivity contribution in [1.82, 2.24) is 10.6 Å². The van der Waals surface area contributed by atoms with Gasteiger partial charge in [0.1, 0.15) is 0 Å². The van der Waals surface area contributed by atoms with E-state index in [1.165, 1.54) is 32.1 Å². The summed E-state index contributed by atoms with van der Waals surface area (Å²) in [7, 11) is 0. The summed E-state index contributed by atoms with van der Waals surface area (Å²) in [5.41, 5.74) is 0.0982. The highest BCUT2D eigenvalue weighted by Gasteiger charge is 2.37. The topological polar surface area (TPSA) is 41.1 Å². The van der Waals surface area contributed by atoms with E-state index in [0.29, 0.717) is 6.04 Å². The molecule has 1 aliphatic carbocycles. The Bertz CT molecular complexity index is 257. The molecular weight excluding hydrogens is 200 g/mol. The zero-order valence-corrected chi connectivity index (χ0v) is 10.5. The van der Waals surface area contributed by atoms with Crippen molar-refractivity contribution in [3.05, 3.63) is 0 Å². The Labute approximate surface area is 98.4 Å². The first-order valence-corrected chi connectivity index (χ1v) is 6.63. The van der Waals surface area contributed by atoms with Crippen molar-refractivity contribution in [3.63, 3.8) is 0 Å². The van der Waals surface area contributed by atoms with Crippen LogP contribution in [0.4, 0.5) is 0 Å². The Balaban J connectivity index is 1.91. The SMILES string of the molecule is CC1(C)CCCNC1C(=O)NC1CCCC1. The molecule has 1 unspecified atom stereocenters. The third kappa shape index (κ3) is 2.57. The van der Waals surface area contributed by atoms with Gasteiger partial charge in [0.05, 0.1) is 6.04 Å². The zero-order chi connectivity index (χ0) is 11.6. The largest absolute Gasteiger partial charge is 0.352 e. The van der Waals surface area contributed by atoms with Crippen LogP contribution in [-0.4, -0.2) is 24.5 Å². The number of piperidine rings is 1. The van der Waals surface area contributed by atoms with Gasteiger partial charge in [-0.15, -0.1) is 0 Å². The monoisotopic (exact) mass is 224 g/mol. The number of amides is 1. The lowest BCUT2D eigenvalue weighted by molar-refractivity contribution is -0.127. The molecule has 1 amide bonds. The predicted molar refractivity (Wildman–Crippen MR) is 65.2 cm³/mol. The number of carbonyl (C=O) groups excluding carboxylic acids is 1. The fourth-order valence-electron chi connectivity index (χ4n) is 3.01. The summed E-state index contributed by atoms with van der Waals surface area (Å²) in [5.74, 6) is 0.219. The number of carbonyl (C=O) groups is 1. The van der Waals surface area contributed by atoms with Crippen molar-refractivity contribution in [2.45, 2.75) is 64.5 Å². The van der Waals surface area contributed by atoms with Gasteiger partial charge in [0.2, 0.25) is 5.91 Å². The molecule has 3 nitrogen and oxygen atoms in total. The standard InChI is InChI=1S/C13H24N2O/c1-13(2)8-5-9-14-11(13)12(16)15-10-6-3-4-7-10/h10-11,14H,3-9H2,1-2H3,(H,15,16). The second-order valence-corrected chi connectivity index (χ2v) is 5.97. The van der Waals surface area contributed by atoms with Gasteiger partial charge in [-0.3, -0.25) is 4.79 Å². The molecule has 0 spiro atoms. The molecule has 0 aromatic heterocycles. The maximum absolute atomic E-state index is 12.2. The lowest BCUT2D eigenvalue weighted by Gasteiger charge is -2.38. The van der Waals surface area contributed by atoms with Crippen molar-refractivity contribution in [2.24, 2.45) is 5.41 Å². The number of hydrogen-bond acceptors (Lipinski definition) is 2. The summed E-state index contributed by atoms with van der Waals surface area (Å²) >= 11 is 0. The van der Waals surface area contributed by atoms with Gasteiger partial charge in [0.25, 0.3) is 0 Å². The molecule has 3 heteroatoms. The van der Waals surface area contributed by atoms with Crippen LogP contribution in [0, 0.1) is 5.41 Å². The van der Waals surface area contributed by atoms with Gasteiger partial charge >= 0.3 is 0 Å². The minimum absolute atomic E-state index is 0.00171. The molecule has 1 saturated heterocycles. The molecule has 1 saturated carbocycles. The lowest BCUT2D eigenvalue weighted by atomic mass is 9.77. The second kappa shape index (κ2) is 4.74. The van der Waals surface area contributed by atoms with Gasteiger partial charge < -0.3 is 10.6 Å². The van der Waals surface area contributed by atoms with E-state index in [0.717, 1.165) is 13.0 Å². The van der Waals surface area contributed by atoms with Crippen molar-refractivity contribution in [2.75, 3.05) is 6.54 Å². The zero-order valence-electron chi connectivity index (χ0n) is 10.5. The fraction of sp³-hybridized carbons (Fsp3) is 0.923. The highest BCUT2D eigenvalue weighted by Crippen LogP contribution is 2.30. The Morgan fingerprint density at radius 3 is 2.56 bits per heavy atom. The van der Waals surface area contributed by atoms with Crippen LogP contribution in [0.2, 0.25) is 0 Å². The molecule has 0 radical (unpaired) electrons. The molecule has 16 heavy (non-hydrogen) atoms. The van der Waals surface area contributed by atoms with Gasteiger partial charge in [0, 0.05) is 6.04 Å². The van der Waals surface area contributed by atoms with E-state index in [2.05, 4.69) is 24.5 Å². The van der Waals surface area contributed by atoms with Crippen molar-refractivity contribution in [1.29, 1.82) is 0 Å². The van der Waals surface area contributed by atoms with E-state index in [1.807, 2.05) is 0 Å². The normalized spacial score (nSPS) is 30.2. The predicted octanol–water partition coefficient (Wildman–Crippen LogP) is 1.82. The summed E-state index contributed by atoms with van der Waals surface area (Å²) in [4.78, 5) is 12.2. The van der Waals surface area contributed by atoms with Crippen LogP contribution < -0.4 is 10.6 Å². The fourth-order valence-corrected chi connectivity index (χ4v) is 3.01. The second-order valence-electron chi connectivity index (χ2n) is 5.97. The van der Waals surface area contributed by atoms with Crippen LogP contribution in [0.5, 0.6) is 0 Å². The van der Waals surface area contributed by atoms with E-state index in [4.69, 9.17) is 0 Å². The van der Waals surface area contributed by atoms with Crippen LogP contribution in [0.1, 0.15) is 52.4 Å². The maximum Gasteiger partial charge on any atom is 0.237 e. The average molecular weight is 224 g/mol. The summed E-state index contributed by atoms with van der Waals surface area (Å²) in [6, 6.07) is 0.439. The van der Waals surface area contributed by atoms with E-state index in [-0.39, 0.29) is 17.4 Å². The average Bonchev–Trinajstić information content (AvgIpc) is 2.69. The van der Waals surface area contributed by atoms with Crippen molar-refractivity contribution in [3.8, 4) is 0 Å². The Hall–Kier alpha value is -0.570. The third-order valence-electron chi connectivity index (χ3n) is 4.09. The molecule has 0 aromatic rings. The minimum Gasteiger partial charge on any atom is -0.352 e. The number of nitrogens with one attached hydrogen (secondary N) is 2. The molecule has 0 aromatic carbocycles. The molecule has 1 aliphatic heterocycles. The third-order valence-corrected chi connectivity index (χ3v) is 4.09. The molecule has 0 bridgehead atoms. The van der Waals surface area contributed by atoms with Gasteiger partial charge in [-0.05, 0) is 37.6 Å². The van der Waals surface area contributed by atoms with Gasteiger partial charge in [-0.1, -0.05) is 26.7 Å². The maximum atomic E-state index is 12.2. The Morgan fingerprint density at radius 2 is 1.94 bits per heavy atom. The molecule has 1 heterocycles. The molecule has 92 valence electrons. The molecule has 1 atom stereocenters. The first-order valence-electron chi connectivity index (χ1n) is 6.63. The summed E-state index contributed by atoms with van der Waals surface area (Å²) in [5, 5.41) is 6.57. The molecular formula is C13H24N2O. The van der Waals surface area contributed by atoms with E-state index in [9.17, 15) is 4.79 Å². The van der Waals surface area contributed by atoms with Crippen LogP contribution in [0.25, 0.3) is 0 Å². The van der Waals surface area contributed by atoms with Gasteiger partial charge in [-0.2, -0.15) is 0 Å². The van der Waals surface area contributed by atoms with Crippen LogP contribution in [0.15, 0.2) is 0 Å². The van der Waals surface area contributed by atoms with Crippen LogP contribution in [-0.2, 0) is 4.79 Å². The van der Waals surface area contributed by atoms with Gasteiger partial charge in [-0.25, -0.2) is 0 Å². The minimum atomic E-state index is 0.00171. The molecule has 2 rings (SSSR count). The first-order chi connectivity index (χ1) is 7.59. The Morgan fingerprint density at radius 1 is 1.25 bits per heavy atom. The molecule has 2 N–H and O–H groups in total. The highest BCUT2D eigenvalue weighted by atomic mass is 16.2. The van der Waals surface area contributed by atoms with E-state index < -0.39 is 0 Å². The van der Waals surface area contributed by atoms with E-state index >= 15 is 0 Å². The van der Waals surface area contributed by atoms with Crippen molar-refractivity contribution >= 4 is 5.91 Å². The van der Waals surface area contributed by atoms with Crippen molar-refractivity contribution < 1.29 is 4.79 Å². The summed E-state index contributed by atoms with van der Waals surface area (Å²) in [6.07, 6.45) is 7.19. The number of rotatable bonds is 2. The highest BCUT2D eigenvalue weighted by molar-refractivity contribution is 5.83. The number of hydrogen-bond donors (Lipinski definition) is 2. The smallest absolute Gasteiger partial charge is 0.237 e. The van der Waals surface area contributed by atoms with Crippen LogP contribution >= 0.6 is 0 Å². The summed E-state index contributed by atoms with van der Waals surface area (Å²) in [6.45, 7) is 5.36. The lowest BCUT2D eigenvalue weighted by Crippen LogP contribution is -2.56. The Kier molecular flexibility index (Phi) is 3.53.